The molecule has 1 aromatic carbocycles. The second-order valence-corrected chi connectivity index (χ2v) is 5.37. The number of sulfone groups is 1. The van der Waals surface area contributed by atoms with E-state index in [0.717, 1.165) is 6.26 Å². The molecule has 0 amide bonds. The largest absolute Gasteiger partial charge is 0.398 e. The van der Waals surface area contributed by atoms with E-state index in [9.17, 15) is 8.42 Å². The normalized spacial score (nSPS) is 11.6. The number of hydrogen-bond acceptors (Lipinski definition) is 3. The molecule has 3 nitrogen and oxygen atoms in total. The lowest BCUT2D eigenvalue weighted by molar-refractivity contribution is 0.602. The topological polar surface area (TPSA) is 60.2 Å². The van der Waals surface area contributed by atoms with Crippen molar-refractivity contribution < 1.29 is 8.42 Å². The Kier molecular flexibility index (Phi) is 2.75. The van der Waals surface area contributed by atoms with Crippen LogP contribution in [0.4, 0.5) is 5.69 Å². The van der Waals surface area contributed by atoms with Crippen LogP contribution < -0.4 is 5.73 Å². The van der Waals surface area contributed by atoms with Crippen LogP contribution in [0.25, 0.3) is 0 Å². The van der Waals surface area contributed by atoms with Crippen molar-refractivity contribution in [3.63, 3.8) is 0 Å². The smallest absolute Gasteiger partial charge is 0.177 e. The van der Waals surface area contributed by atoms with Crippen molar-refractivity contribution in [1.29, 1.82) is 0 Å². The van der Waals surface area contributed by atoms with Crippen LogP contribution in [0.2, 0.25) is 10.0 Å². The summed E-state index contributed by atoms with van der Waals surface area (Å²) in [7, 11) is -3.34. The first-order chi connectivity index (χ1) is 5.82. The fraction of sp³-hybridized carbons (Fsp3) is 0.143. The first-order valence-corrected chi connectivity index (χ1v) is 5.91. The Morgan fingerprint density at radius 3 is 2.15 bits per heavy atom. The Balaban J connectivity index is 3.50. The number of halogens is 2. The van der Waals surface area contributed by atoms with E-state index in [2.05, 4.69) is 0 Å². The van der Waals surface area contributed by atoms with Gasteiger partial charge in [-0.15, -0.1) is 0 Å². The van der Waals surface area contributed by atoms with Crippen LogP contribution in [0.15, 0.2) is 17.0 Å². The van der Waals surface area contributed by atoms with E-state index in [-0.39, 0.29) is 20.6 Å². The summed E-state index contributed by atoms with van der Waals surface area (Å²) in [5.41, 5.74) is 5.56. The van der Waals surface area contributed by atoms with Gasteiger partial charge in [0, 0.05) is 6.26 Å². The maximum Gasteiger partial charge on any atom is 0.177 e. The quantitative estimate of drug-likeness (QED) is 0.763. The zero-order chi connectivity index (χ0) is 10.2. The molecular weight excluding hydrogens is 233 g/mol. The third-order valence-electron chi connectivity index (χ3n) is 1.45. The maximum atomic E-state index is 11.1. The average Bonchev–Trinajstić information content (AvgIpc) is 1.94. The summed E-state index contributed by atoms with van der Waals surface area (Å²) in [5.74, 6) is 0. The van der Waals surface area contributed by atoms with Gasteiger partial charge in [0.15, 0.2) is 9.84 Å². The van der Waals surface area contributed by atoms with E-state index >= 15 is 0 Å². The molecule has 0 atom stereocenters. The van der Waals surface area contributed by atoms with Crippen LogP contribution >= 0.6 is 23.2 Å². The van der Waals surface area contributed by atoms with Gasteiger partial charge < -0.3 is 5.73 Å². The third-order valence-corrected chi connectivity index (χ3v) is 3.33. The molecule has 0 aliphatic heterocycles. The standard InChI is InChI=1S/C7H7Cl2NO2S/c1-13(11,12)7-3-5(9)4(8)2-6(7)10/h2-3H,10H2,1H3. The minimum atomic E-state index is -3.34. The highest BCUT2D eigenvalue weighted by Gasteiger charge is 2.13. The lowest BCUT2D eigenvalue weighted by Crippen LogP contribution is -2.02. The zero-order valence-corrected chi connectivity index (χ0v) is 9.04. The molecule has 0 aromatic heterocycles. The van der Waals surface area contributed by atoms with Gasteiger partial charge in [0.05, 0.1) is 20.6 Å². The summed E-state index contributed by atoms with van der Waals surface area (Å²) in [4.78, 5) is 0.00176. The number of nitrogen functional groups attached to an aromatic ring is 1. The van der Waals surface area contributed by atoms with Gasteiger partial charge in [-0.3, -0.25) is 0 Å². The monoisotopic (exact) mass is 239 g/mol. The molecule has 0 radical (unpaired) electrons. The van der Waals surface area contributed by atoms with Crippen LogP contribution in [0.3, 0.4) is 0 Å². The molecule has 13 heavy (non-hydrogen) atoms. The number of anilines is 1. The fourth-order valence-corrected chi connectivity index (χ4v) is 2.08. The lowest BCUT2D eigenvalue weighted by atomic mass is 10.3. The van der Waals surface area contributed by atoms with Gasteiger partial charge in [-0.1, -0.05) is 23.2 Å². The van der Waals surface area contributed by atoms with Crippen molar-refractivity contribution >= 4 is 38.7 Å². The first kappa shape index (κ1) is 10.6. The minimum absolute atomic E-state index is 0.00176. The van der Waals surface area contributed by atoms with Gasteiger partial charge in [0.1, 0.15) is 0 Å². The summed E-state index contributed by atoms with van der Waals surface area (Å²) < 4.78 is 22.3. The van der Waals surface area contributed by atoms with Crippen LogP contribution in [-0.2, 0) is 9.84 Å². The van der Waals surface area contributed by atoms with Crippen LogP contribution in [0, 0.1) is 0 Å². The second-order valence-electron chi connectivity index (χ2n) is 2.58. The van der Waals surface area contributed by atoms with Gasteiger partial charge in [-0.25, -0.2) is 8.42 Å². The van der Waals surface area contributed by atoms with E-state index in [0.29, 0.717) is 0 Å². The summed E-state index contributed by atoms with van der Waals surface area (Å²) in [6.45, 7) is 0. The molecule has 0 spiro atoms. The minimum Gasteiger partial charge on any atom is -0.398 e. The van der Waals surface area contributed by atoms with Crippen molar-refractivity contribution in [2.45, 2.75) is 4.90 Å². The van der Waals surface area contributed by atoms with Crippen LogP contribution in [0.5, 0.6) is 0 Å². The molecule has 1 aromatic rings. The predicted molar refractivity (Wildman–Crippen MR) is 54.0 cm³/mol. The molecule has 0 unspecified atom stereocenters. The Bertz CT molecular complexity index is 442. The van der Waals surface area contributed by atoms with Crippen molar-refractivity contribution in [1.82, 2.24) is 0 Å². The van der Waals surface area contributed by atoms with Crippen LogP contribution in [-0.4, -0.2) is 14.7 Å². The van der Waals surface area contributed by atoms with Gasteiger partial charge in [0.25, 0.3) is 0 Å². The highest BCUT2D eigenvalue weighted by Crippen LogP contribution is 2.29. The highest BCUT2D eigenvalue weighted by atomic mass is 35.5. The van der Waals surface area contributed by atoms with Gasteiger partial charge in [0.2, 0.25) is 0 Å². The molecule has 6 heteroatoms. The van der Waals surface area contributed by atoms with Crippen molar-refractivity contribution in [2.24, 2.45) is 0 Å². The summed E-state index contributed by atoms with van der Waals surface area (Å²) in [6.07, 6.45) is 1.06. The fourth-order valence-electron chi connectivity index (χ4n) is 0.865. The van der Waals surface area contributed by atoms with Crippen LogP contribution in [0.1, 0.15) is 0 Å². The van der Waals surface area contributed by atoms with Gasteiger partial charge in [-0.05, 0) is 12.1 Å². The molecule has 1 rings (SSSR count). The van der Waals surface area contributed by atoms with E-state index in [1.54, 1.807) is 0 Å². The summed E-state index contributed by atoms with van der Waals surface area (Å²) in [5, 5.41) is 0.419. The molecule has 2 N–H and O–H groups in total. The molecule has 0 saturated heterocycles. The lowest BCUT2D eigenvalue weighted by Gasteiger charge is -2.04. The Hall–Kier alpha value is -0.450. The number of nitrogens with two attached hydrogens (primary N) is 1. The maximum absolute atomic E-state index is 11.1. The number of hydrogen-bond donors (Lipinski definition) is 1. The van der Waals surface area contributed by atoms with Crippen molar-refractivity contribution in [2.75, 3.05) is 12.0 Å². The molecular formula is C7H7Cl2NO2S. The predicted octanol–water partition coefficient (Wildman–Crippen LogP) is 1.98. The van der Waals surface area contributed by atoms with Gasteiger partial charge >= 0.3 is 0 Å². The highest BCUT2D eigenvalue weighted by molar-refractivity contribution is 7.90. The molecule has 0 fully saturated rings. The SMILES string of the molecule is CS(=O)(=O)c1cc(Cl)c(Cl)cc1N. The van der Waals surface area contributed by atoms with E-state index in [1.165, 1.54) is 12.1 Å². The molecule has 0 saturated carbocycles. The Labute approximate surface area is 86.4 Å². The van der Waals surface area contributed by atoms with Crippen molar-refractivity contribution in [3.05, 3.63) is 22.2 Å². The molecule has 72 valence electrons. The van der Waals surface area contributed by atoms with E-state index in [4.69, 9.17) is 28.9 Å². The molecule has 0 heterocycles. The van der Waals surface area contributed by atoms with Crippen molar-refractivity contribution in [3.8, 4) is 0 Å². The number of benzene rings is 1. The molecule has 0 bridgehead atoms. The van der Waals surface area contributed by atoms with E-state index < -0.39 is 9.84 Å². The Morgan fingerprint density at radius 2 is 1.69 bits per heavy atom. The summed E-state index contributed by atoms with van der Waals surface area (Å²) in [6, 6.07) is 2.56. The molecule has 0 aliphatic rings. The Morgan fingerprint density at radius 1 is 1.23 bits per heavy atom. The average molecular weight is 240 g/mol. The molecule has 0 aliphatic carbocycles. The second kappa shape index (κ2) is 3.36. The van der Waals surface area contributed by atoms with Gasteiger partial charge in [-0.2, -0.15) is 0 Å². The zero-order valence-electron chi connectivity index (χ0n) is 6.71. The first-order valence-electron chi connectivity index (χ1n) is 3.27. The number of rotatable bonds is 1. The third kappa shape index (κ3) is 2.27. The van der Waals surface area contributed by atoms with E-state index in [1.807, 2.05) is 0 Å². The summed E-state index contributed by atoms with van der Waals surface area (Å²) >= 11 is 11.3.